The Kier molecular flexibility index (Phi) is 4.54. The third-order valence-electron chi connectivity index (χ3n) is 5.31. The number of likely N-dealkylation sites (tertiary alicyclic amines) is 1. The summed E-state index contributed by atoms with van der Waals surface area (Å²) in [6.07, 6.45) is 1.94. The quantitative estimate of drug-likeness (QED) is 0.662. The van der Waals surface area contributed by atoms with E-state index < -0.39 is 0 Å². The summed E-state index contributed by atoms with van der Waals surface area (Å²) in [6.45, 7) is 7.90. The van der Waals surface area contributed by atoms with E-state index >= 15 is 0 Å². The minimum atomic E-state index is -0.0594. The molecule has 3 aromatic rings. The molecule has 1 aliphatic heterocycles. The molecule has 1 fully saturated rings. The van der Waals surface area contributed by atoms with Gasteiger partial charge in [-0.3, -0.25) is 9.48 Å². The zero-order valence-corrected chi connectivity index (χ0v) is 17.2. The van der Waals surface area contributed by atoms with Crippen molar-refractivity contribution < 1.29 is 4.79 Å². The van der Waals surface area contributed by atoms with Crippen molar-refractivity contribution in [1.29, 1.82) is 0 Å². The fourth-order valence-corrected chi connectivity index (χ4v) is 4.73. The van der Waals surface area contributed by atoms with Crippen LogP contribution in [0.25, 0.3) is 10.2 Å². The second-order valence-corrected chi connectivity index (χ2v) is 9.44. The van der Waals surface area contributed by atoms with Gasteiger partial charge in [-0.1, -0.05) is 32.9 Å². The van der Waals surface area contributed by atoms with Crippen LogP contribution in [-0.2, 0) is 12.5 Å². The number of benzene rings is 1. The summed E-state index contributed by atoms with van der Waals surface area (Å²) in [5.74, 6) is 0.534. The Morgan fingerprint density at radius 3 is 2.52 bits per heavy atom. The molecule has 1 aromatic carbocycles. The van der Waals surface area contributed by atoms with Gasteiger partial charge in [-0.25, -0.2) is 4.98 Å². The van der Waals surface area contributed by atoms with E-state index in [0.717, 1.165) is 37.1 Å². The van der Waals surface area contributed by atoms with E-state index in [-0.39, 0.29) is 11.3 Å². The fraction of sp³-hybridized carbons (Fsp3) is 0.476. The molecule has 5 nitrogen and oxygen atoms in total. The molecular weight excluding hydrogens is 356 g/mol. The van der Waals surface area contributed by atoms with Gasteiger partial charge in [-0.2, -0.15) is 5.10 Å². The SMILES string of the molecule is Cn1nc(C(C)(C)C)cc1C(=O)N1CCC(c2nc3ccccc3s2)CC1. The lowest BCUT2D eigenvalue weighted by Crippen LogP contribution is -2.38. The van der Waals surface area contributed by atoms with Crippen molar-refractivity contribution in [2.45, 2.75) is 44.9 Å². The number of fused-ring (bicyclic) bond motifs is 1. The van der Waals surface area contributed by atoms with E-state index in [1.54, 1.807) is 16.0 Å². The van der Waals surface area contributed by atoms with Crippen molar-refractivity contribution in [3.63, 3.8) is 0 Å². The second kappa shape index (κ2) is 6.75. The van der Waals surface area contributed by atoms with Crippen LogP contribution in [0.15, 0.2) is 30.3 Å². The van der Waals surface area contributed by atoms with Crippen LogP contribution in [0.4, 0.5) is 0 Å². The number of rotatable bonds is 2. The highest BCUT2D eigenvalue weighted by molar-refractivity contribution is 7.18. The van der Waals surface area contributed by atoms with Gasteiger partial charge in [0.25, 0.3) is 5.91 Å². The van der Waals surface area contributed by atoms with Crippen LogP contribution in [0, 0.1) is 0 Å². The normalized spacial score (nSPS) is 16.2. The molecule has 1 aliphatic rings. The van der Waals surface area contributed by atoms with E-state index in [2.05, 4.69) is 44.1 Å². The maximum Gasteiger partial charge on any atom is 0.272 e. The number of hydrogen-bond donors (Lipinski definition) is 0. The van der Waals surface area contributed by atoms with Crippen LogP contribution in [0.2, 0.25) is 0 Å². The standard InChI is InChI=1S/C21H26N4OS/c1-21(2,3)18-13-16(24(4)23-18)20(26)25-11-9-14(10-12-25)19-22-15-7-5-6-8-17(15)27-19/h5-8,13-14H,9-12H2,1-4H3. The number of carbonyl (C=O) groups is 1. The molecule has 1 amide bonds. The molecule has 0 atom stereocenters. The number of piperidine rings is 1. The maximum absolute atomic E-state index is 13.0. The van der Waals surface area contributed by atoms with Crippen LogP contribution in [0.1, 0.15) is 60.7 Å². The van der Waals surface area contributed by atoms with Crippen LogP contribution in [-0.4, -0.2) is 38.7 Å². The monoisotopic (exact) mass is 382 g/mol. The minimum Gasteiger partial charge on any atom is -0.337 e. The first-order chi connectivity index (χ1) is 12.8. The van der Waals surface area contributed by atoms with Gasteiger partial charge in [0, 0.05) is 31.5 Å². The average molecular weight is 383 g/mol. The predicted octanol–water partition coefficient (Wildman–Crippen LogP) is 4.35. The zero-order chi connectivity index (χ0) is 19.2. The topological polar surface area (TPSA) is 51.0 Å². The summed E-state index contributed by atoms with van der Waals surface area (Å²) < 4.78 is 2.97. The van der Waals surface area contributed by atoms with E-state index in [1.165, 1.54) is 9.71 Å². The van der Waals surface area contributed by atoms with Gasteiger partial charge in [0.15, 0.2) is 0 Å². The molecule has 0 unspecified atom stereocenters. The minimum absolute atomic E-state index is 0.0594. The van der Waals surface area contributed by atoms with E-state index in [9.17, 15) is 4.79 Å². The fourth-order valence-electron chi connectivity index (χ4n) is 3.59. The van der Waals surface area contributed by atoms with Crippen LogP contribution < -0.4 is 0 Å². The third kappa shape index (κ3) is 3.50. The first kappa shape index (κ1) is 18.2. The Hall–Kier alpha value is -2.21. The summed E-state index contributed by atoms with van der Waals surface area (Å²) in [5, 5.41) is 5.75. The van der Waals surface area contributed by atoms with Gasteiger partial charge in [0.05, 0.1) is 20.9 Å². The third-order valence-corrected chi connectivity index (χ3v) is 6.51. The summed E-state index contributed by atoms with van der Waals surface area (Å²) in [5.41, 5.74) is 2.66. The molecule has 0 spiro atoms. The van der Waals surface area contributed by atoms with Crippen molar-refractivity contribution in [1.82, 2.24) is 19.7 Å². The molecule has 27 heavy (non-hydrogen) atoms. The number of carbonyl (C=O) groups excluding carboxylic acids is 1. The molecule has 0 radical (unpaired) electrons. The first-order valence-electron chi connectivity index (χ1n) is 9.52. The smallest absolute Gasteiger partial charge is 0.272 e. The van der Waals surface area contributed by atoms with Gasteiger partial charge < -0.3 is 4.90 Å². The number of aryl methyl sites for hydroxylation is 1. The van der Waals surface area contributed by atoms with Crippen molar-refractivity contribution in [2.24, 2.45) is 7.05 Å². The summed E-state index contributed by atoms with van der Waals surface area (Å²) in [7, 11) is 1.86. The maximum atomic E-state index is 13.0. The van der Waals surface area contributed by atoms with Gasteiger partial charge >= 0.3 is 0 Å². The highest BCUT2D eigenvalue weighted by atomic mass is 32.1. The van der Waals surface area contributed by atoms with Crippen molar-refractivity contribution in [3.8, 4) is 0 Å². The van der Waals surface area contributed by atoms with Crippen LogP contribution in [0.5, 0.6) is 0 Å². The van der Waals surface area contributed by atoms with Gasteiger partial charge in [0.2, 0.25) is 0 Å². The molecule has 0 N–H and O–H groups in total. The molecule has 4 rings (SSSR count). The van der Waals surface area contributed by atoms with E-state index in [4.69, 9.17) is 4.98 Å². The average Bonchev–Trinajstić information content (AvgIpc) is 3.24. The number of para-hydroxylation sites is 1. The van der Waals surface area contributed by atoms with E-state index in [0.29, 0.717) is 11.6 Å². The Bertz CT molecular complexity index is 941. The van der Waals surface area contributed by atoms with Crippen LogP contribution in [0.3, 0.4) is 0 Å². The summed E-state index contributed by atoms with van der Waals surface area (Å²) in [6, 6.07) is 10.2. The van der Waals surface area contributed by atoms with E-state index in [1.807, 2.05) is 24.1 Å². The molecule has 3 heterocycles. The highest BCUT2D eigenvalue weighted by Gasteiger charge is 2.29. The first-order valence-corrected chi connectivity index (χ1v) is 10.3. The van der Waals surface area contributed by atoms with Gasteiger partial charge in [0.1, 0.15) is 5.69 Å². The highest BCUT2D eigenvalue weighted by Crippen LogP contribution is 2.34. The Balaban J connectivity index is 1.46. The van der Waals surface area contributed by atoms with Crippen molar-refractivity contribution in [3.05, 3.63) is 46.7 Å². The Labute approximate surface area is 164 Å². The predicted molar refractivity (Wildman–Crippen MR) is 109 cm³/mol. The molecule has 0 saturated carbocycles. The molecule has 142 valence electrons. The molecule has 1 saturated heterocycles. The van der Waals surface area contributed by atoms with Crippen molar-refractivity contribution in [2.75, 3.05) is 13.1 Å². The largest absolute Gasteiger partial charge is 0.337 e. The lowest BCUT2D eigenvalue weighted by Gasteiger charge is -2.31. The number of amides is 1. The van der Waals surface area contributed by atoms with Crippen molar-refractivity contribution >= 4 is 27.5 Å². The lowest BCUT2D eigenvalue weighted by atomic mass is 9.92. The van der Waals surface area contributed by atoms with Crippen LogP contribution >= 0.6 is 11.3 Å². The van der Waals surface area contributed by atoms with Gasteiger partial charge in [-0.05, 0) is 31.0 Å². The number of nitrogens with zero attached hydrogens (tertiary/aromatic N) is 4. The molecule has 0 bridgehead atoms. The molecule has 2 aromatic heterocycles. The summed E-state index contributed by atoms with van der Waals surface area (Å²) in [4.78, 5) is 19.8. The molecule has 0 aliphatic carbocycles. The number of aromatic nitrogens is 3. The van der Waals surface area contributed by atoms with Gasteiger partial charge in [-0.15, -0.1) is 11.3 Å². The molecule has 6 heteroatoms. The second-order valence-electron chi connectivity index (χ2n) is 8.37. The Morgan fingerprint density at radius 2 is 1.89 bits per heavy atom. The Morgan fingerprint density at radius 1 is 1.19 bits per heavy atom. The zero-order valence-electron chi connectivity index (χ0n) is 16.4. The lowest BCUT2D eigenvalue weighted by molar-refractivity contribution is 0.0702. The summed E-state index contributed by atoms with van der Waals surface area (Å²) >= 11 is 1.79. The number of hydrogen-bond acceptors (Lipinski definition) is 4. The number of thiazole rings is 1. The molecular formula is C21H26N4OS.